The predicted octanol–water partition coefficient (Wildman–Crippen LogP) is 3.15. The molecule has 2 aliphatic heterocycles. The van der Waals surface area contributed by atoms with E-state index < -0.39 is 5.97 Å². The molecule has 0 bridgehead atoms. The zero-order chi connectivity index (χ0) is 16.3. The van der Waals surface area contributed by atoms with E-state index in [0.717, 1.165) is 37.1 Å². The third-order valence-electron chi connectivity index (χ3n) is 4.27. The third kappa shape index (κ3) is 3.95. The second-order valence-electron chi connectivity index (χ2n) is 5.82. The van der Waals surface area contributed by atoms with Gasteiger partial charge < -0.3 is 14.6 Å². The summed E-state index contributed by atoms with van der Waals surface area (Å²) in [4.78, 5) is 10.9. The molecular formula is C17H21NO4S. The van der Waals surface area contributed by atoms with Gasteiger partial charge in [-0.1, -0.05) is 18.0 Å². The summed E-state index contributed by atoms with van der Waals surface area (Å²) < 4.78 is 13.8. The number of piperidine rings is 1. The van der Waals surface area contributed by atoms with E-state index in [1.165, 1.54) is 0 Å². The molecule has 1 aromatic rings. The summed E-state index contributed by atoms with van der Waals surface area (Å²) in [6.07, 6.45) is 3.83. The van der Waals surface area contributed by atoms with Gasteiger partial charge in [-0.05, 0) is 41.7 Å². The van der Waals surface area contributed by atoms with Gasteiger partial charge in [0.05, 0.1) is 18.8 Å². The number of hydrogen-bond acceptors (Lipinski definition) is 5. The molecule has 3 rings (SSSR count). The molecule has 1 aromatic carbocycles. The lowest BCUT2D eigenvalue weighted by atomic mass is 10.1. The van der Waals surface area contributed by atoms with Gasteiger partial charge in [0.25, 0.3) is 0 Å². The van der Waals surface area contributed by atoms with Crippen molar-refractivity contribution in [2.75, 3.05) is 26.3 Å². The molecule has 0 aromatic heterocycles. The van der Waals surface area contributed by atoms with Crippen molar-refractivity contribution in [1.29, 1.82) is 0 Å². The molecule has 0 amide bonds. The molecule has 0 atom stereocenters. The van der Waals surface area contributed by atoms with E-state index in [-0.39, 0.29) is 5.79 Å². The number of aromatic carboxylic acids is 1. The summed E-state index contributed by atoms with van der Waals surface area (Å²) in [5.74, 6) is -1.22. The van der Waals surface area contributed by atoms with Gasteiger partial charge in [-0.3, -0.25) is 0 Å². The fraction of sp³-hybridized carbons (Fsp3) is 0.471. The van der Waals surface area contributed by atoms with Crippen LogP contribution in [-0.2, 0) is 9.47 Å². The van der Waals surface area contributed by atoms with E-state index in [9.17, 15) is 4.79 Å². The Labute approximate surface area is 140 Å². The van der Waals surface area contributed by atoms with Crippen LogP contribution in [0.15, 0.2) is 23.6 Å². The molecule has 2 aliphatic rings. The van der Waals surface area contributed by atoms with Crippen LogP contribution in [0, 0.1) is 6.92 Å². The van der Waals surface area contributed by atoms with Crippen molar-refractivity contribution in [3.05, 3.63) is 40.3 Å². The largest absolute Gasteiger partial charge is 0.478 e. The minimum Gasteiger partial charge on any atom is -0.478 e. The highest BCUT2D eigenvalue weighted by Crippen LogP contribution is 2.33. The maximum atomic E-state index is 10.9. The van der Waals surface area contributed by atoms with Crippen molar-refractivity contribution in [3.63, 3.8) is 0 Å². The fourth-order valence-corrected chi connectivity index (χ4v) is 3.68. The summed E-state index contributed by atoms with van der Waals surface area (Å²) in [5.41, 5.74) is 2.33. The summed E-state index contributed by atoms with van der Waals surface area (Å²) in [5, 5.41) is 11.0. The van der Waals surface area contributed by atoms with E-state index in [0.29, 0.717) is 18.8 Å². The van der Waals surface area contributed by atoms with Gasteiger partial charge in [0, 0.05) is 25.9 Å². The molecule has 0 radical (unpaired) electrons. The predicted molar refractivity (Wildman–Crippen MR) is 90.2 cm³/mol. The van der Waals surface area contributed by atoms with Crippen LogP contribution in [0.5, 0.6) is 0 Å². The zero-order valence-electron chi connectivity index (χ0n) is 13.2. The first kappa shape index (κ1) is 16.5. The van der Waals surface area contributed by atoms with Crippen LogP contribution in [0.1, 0.15) is 34.3 Å². The molecule has 124 valence electrons. The first-order valence-electron chi connectivity index (χ1n) is 7.78. The minimum absolute atomic E-state index is 0.324. The van der Waals surface area contributed by atoms with Gasteiger partial charge in [0.15, 0.2) is 5.79 Å². The lowest BCUT2D eigenvalue weighted by Gasteiger charge is -2.36. The number of hydrogen-bond donors (Lipinski definition) is 1. The minimum atomic E-state index is -0.892. The van der Waals surface area contributed by atoms with Gasteiger partial charge in [-0.2, -0.15) is 0 Å². The average Bonchev–Trinajstić information content (AvgIpc) is 2.99. The van der Waals surface area contributed by atoms with Gasteiger partial charge in [-0.25, -0.2) is 9.10 Å². The van der Waals surface area contributed by atoms with Crippen molar-refractivity contribution in [2.24, 2.45) is 0 Å². The molecule has 2 fully saturated rings. The summed E-state index contributed by atoms with van der Waals surface area (Å²) in [7, 11) is 0. The molecule has 2 saturated heterocycles. The molecule has 5 nitrogen and oxygen atoms in total. The lowest BCUT2D eigenvalue weighted by molar-refractivity contribution is -0.178. The van der Waals surface area contributed by atoms with Crippen molar-refractivity contribution >= 4 is 24.0 Å². The van der Waals surface area contributed by atoms with E-state index in [1.54, 1.807) is 24.1 Å². The SMILES string of the molecule is Cc1cc(C(=O)O)ccc1/C=C/SN1CCC2(CC1)OCCO2. The molecular weight excluding hydrogens is 314 g/mol. The summed E-state index contributed by atoms with van der Waals surface area (Å²) >= 11 is 1.68. The number of carboxylic acid groups (broad SMARTS) is 1. The Hall–Kier alpha value is -1.34. The van der Waals surface area contributed by atoms with E-state index in [1.807, 2.05) is 19.1 Å². The smallest absolute Gasteiger partial charge is 0.335 e. The van der Waals surface area contributed by atoms with E-state index in [4.69, 9.17) is 14.6 Å². The number of rotatable bonds is 4. The number of carbonyl (C=O) groups is 1. The monoisotopic (exact) mass is 335 g/mol. The first-order valence-corrected chi connectivity index (χ1v) is 8.62. The normalized spacial score (nSPS) is 21.3. The van der Waals surface area contributed by atoms with Crippen molar-refractivity contribution < 1.29 is 19.4 Å². The highest BCUT2D eigenvalue weighted by Gasteiger charge is 2.39. The molecule has 23 heavy (non-hydrogen) atoms. The summed E-state index contributed by atoms with van der Waals surface area (Å²) in [6.45, 7) is 5.21. The van der Waals surface area contributed by atoms with Crippen LogP contribution in [-0.4, -0.2) is 47.5 Å². The first-order chi connectivity index (χ1) is 11.1. The number of nitrogens with zero attached hydrogens (tertiary/aromatic N) is 1. The standard InChI is InChI=1S/C17H21NO4S/c1-13-12-15(16(19)20)3-2-14(13)4-11-23-18-7-5-17(6-8-18)21-9-10-22-17/h2-4,11-12H,5-10H2,1H3,(H,19,20)/b11-4+. The Kier molecular flexibility index (Phi) is 5.06. The van der Waals surface area contributed by atoms with E-state index in [2.05, 4.69) is 9.71 Å². The Morgan fingerprint density at radius 1 is 1.30 bits per heavy atom. The average molecular weight is 335 g/mol. The van der Waals surface area contributed by atoms with Crippen LogP contribution < -0.4 is 0 Å². The molecule has 0 unspecified atom stereocenters. The third-order valence-corrected chi connectivity index (χ3v) is 5.19. The van der Waals surface area contributed by atoms with E-state index >= 15 is 0 Å². The van der Waals surface area contributed by atoms with Crippen LogP contribution in [0.3, 0.4) is 0 Å². The maximum Gasteiger partial charge on any atom is 0.335 e. The molecule has 6 heteroatoms. The quantitative estimate of drug-likeness (QED) is 0.853. The molecule has 0 aliphatic carbocycles. The molecule has 1 spiro atoms. The Bertz CT molecular complexity index is 601. The highest BCUT2D eigenvalue weighted by molar-refractivity contribution is 8.00. The molecule has 0 saturated carbocycles. The Balaban J connectivity index is 1.52. The second kappa shape index (κ2) is 7.05. The highest BCUT2D eigenvalue weighted by atomic mass is 32.2. The lowest BCUT2D eigenvalue weighted by Crippen LogP contribution is -2.42. The zero-order valence-corrected chi connectivity index (χ0v) is 14.0. The van der Waals surface area contributed by atoms with Crippen LogP contribution in [0.25, 0.3) is 6.08 Å². The Morgan fingerprint density at radius 3 is 2.61 bits per heavy atom. The van der Waals surface area contributed by atoms with Gasteiger partial charge in [-0.15, -0.1) is 0 Å². The molecule has 2 heterocycles. The van der Waals surface area contributed by atoms with Crippen LogP contribution in [0.2, 0.25) is 0 Å². The summed E-state index contributed by atoms with van der Waals surface area (Å²) in [6, 6.07) is 5.19. The van der Waals surface area contributed by atoms with Crippen molar-refractivity contribution in [2.45, 2.75) is 25.6 Å². The fourth-order valence-electron chi connectivity index (χ4n) is 2.90. The number of benzene rings is 1. The Morgan fingerprint density at radius 2 is 2.00 bits per heavy atom. The van der Waals surface area contributed by atoms with Gasteiger partial charge in [0.2, 0.25) is 0 Å². The van der Waals surface area contributed by atoms with Crippen LogP contribution in [0.4, 0.5) is 0 Å². The van der Waals surface area contributed by atoms with Gasteiger partial charge in [0.1, 0.15) is 0 Å². The number of aryl methyl sites for hydroxylation is 1. The maximum absolute atomic E-state index is 10.9. The second-order valence-corrected chi connectivity index (χ2v) is 6.82. The number of carboxylic acids is 1. The van der Waals surface area contributed by atoms with Crippen molar-refractivity contribution in [3.8, 4) is 0 Å². The number of ether oxygens (including phenoxy) is 2. The van der Waals surface area contributed by atoms with Gasteiger partial charge >= 0.3 is 5.97 Å². The van der Waals surface area contributed by atoms with Crippen molar-refractivity contribution in [1.82, 2.24) is 4.31 Å². The topological polar surface area (TPSA) is 59.0 Å². The molecule has 1 N–H and O–H groups in total. The van der Waals surface area contributed by atoms with Crippen LogP contribution >= 0.6 is 11.9 Å².